The molecule has 3 rings (SSSR count). The smallest absolute Gasteiger partial charge is 0.323 e. The Morgan fingerprint density at radius 2 is 2.32 bits per heavy atom. The molecule has 1 aromatic rings. The van der Waals surface area contributed by atoms with Gasteiger partial charge in [-0.3, -0.25) is 10.1 Å². The fourth-order valence-corrected chi connectivity index (χ4v) is 2.55. The largest absolute Gasteiger partial charge is 0.464 e. The fraction of sp³-hybridized carbons (Fsp3) is 0.692. The van der Waals surface area contributed by atoms with Gasteiger partial charge in [-0.25, -0.2) is 4.98 Å². The predicted octanol–water partition coefficient (Wildman–Crippen LogP) is 0.394. The van der Waals surface area contributed by atoms with Crippen molar-refractivity contribution < 1.29 is 14.3 Å². The predicted molar refractivity (Wildman–Crippen MR) is 67.4 cm³/mol. The molecule has 3 heterocycles. The lowest BCUT2D eigenvalue weighted by Crippen LogP contribution is -2.43. The van der Waals surface area contributed by atoms with E-state index >= 15 is 0 Å². The Hall–Kier alpha value is -1.40. The number of hydrogen-bond acceptors (Lipinski definition) is 5. The van der Waals surface area contributed by atoms with Crippen LogP contribution in [0.3, 0.4) is 0 Å². The fourth-order valence-electron chi connectivity index (χ4n) is 2.55. The Balaban J connectivity index is 1.48. The summed E-state index contributed by atoms with van der Waals surface area (Å²) in [4.78, 5) is 19.3. The Morgan fingerprint density at radius 1 is 1.47 bits per heavy atom. The van der Waals surface area contributed by atoms with Crippen molar-refractivity contribution in [3.63, 3.8) is 0 Å². The molecule has 0 amide bonds. The van der Waals surface area contributed by atoms with Gasteiger partial charge in [0.05, 0.1) is 24.3 Å². The van der Waals surface area contributed by atoms with Gasteiger partial charge in [-0.2, -0.15) is 0 Å². The van der Waals surface area contributed by atoms with Gasteiger partial charge in [0.15, 0.2) is 0 Å². The monoisotopic (exact) mass is 265 g/mol. The third-order valence-electron chi connectivity index (χ3n) is 3.82. The van der Waals surface area contributed by atoms with E-state index in [2.05, 4.69) is 15.3 Å². The van der Waals surface area contributed by atoms with Crippen LogP contribution in [-0.2, 0) is 27.2 Å². The number of H-pyrrole nitrogens is 1. The van der Waals surface area contributed by atoms with E-state index in [1.807, 2.05) is 0 Å². The molecule has 2 aliphatic heterocycles. The van der Waals surface area contributed by atoms with Gasteiger partial charge in [0.1, 0.15) is 6.04 Å². The van der Waals surface area contributed by atoms with Gasteiger partial charge in [0, 0.05) is 26.2 Å². The minimum absolute atomic E-state index is 0.167. The number of nitrogens with one attached hydrogen (secondary N) is 2. The van der Waals surface area contributed by atoms with Crippen molar-refractivity contribution in [3.05, 3.63) is 17.7 Å². The second kappa shape index (κ2) is 5.71. The molecule has 0 radical (unpaired) electrons. The number of esters is 1. The van der Waals surface area contributed by atoms with Crippen molar-refractivity contribution in [1.29, 1.82) is 0 Å². The highest BCUT2D eigenvalue weighted by Gasteiger charge is 2.27. The summed E-state index contributed by atoms with van der Waals surface area (Å²) in [6.07, 6.45) is 4.23. The molecule has 0 saturated carbocycles. The number of fused-ring (bicyclic) bond motifs is 1. The zero-order valence-electron chi connectivity index (χ0n) is 10.9. The number of aromatic nitrogens is 2. The van der Waals surface area contributed by atoms with Crippen LogP contribution < -0.4 is 5.32 Å². The first-order valence-electron chi connectivity index (χ1n) is 6.82. The summed E-state index contributed by atoms with van der Waals surface area (Å²) >= 11 is 0. The maximum absolute atomic E-state index is 12.0. The molecule has 19 heavy (non-hydrogen) atoms. The Labute approximate surface area is 111 Å². The molecule has 6 heteroatoms. The molecule has 2 aliphatic rings. The number of hydrogen-bond donors (Lipinski definition) is 2. The van der Waals surface area contributed by atoms with Crippen molar-refractivity contribution in [2.75, 3.05) is 19.8 Å². The van der Waals surface area contributed by atoms with Crippen LogP contribution in [0.4, 0.5) is 0 Å². The summed E-state index contributed by atoms with van der Waals surface area (Å²) < 4.78 is 10.7. The number of carbonyl (C=O) groups excluding carboxylic acids is 1. The van der Waals surface area contributed by atoms with Crippen molar-refractivity contribution >= 4 is 5.97 Å². The molecule has 0 aliphatic carbocycles. The number of nitrogens with zero attached hydrogens (tertiary/aromatic N) is 1. The van der Waals surface area contributed by atoms with Crippen molar-refractivity contribution in [1.82, 2.24) is 15.3 Å². The zero-order valence-corrected chi connectivity index (χ0v) is 10.9. The number of rotatable bonds is 3. The van der Waals surface area contributed by atoms with E-state index in [4.69, 9.17) is 9.47 Å². The molecule has 0 aromatic carbocycles. The maximum atomic E-state index is 12.0. The van der Waals surface area contributed by atoms with E-state index < -0.39 is 0 Å². The second-order valence-corrected chi connectivity index (χ2v) is 5.15. The molecule has 1 unspecified atom stereocenters. The number of ether oxygens (including phenoxy) is 2. The molecule has 1 fully saturated rings. The van der Waals surface area contributed by atoms with Crippen LogP contribution in [0.25, 0.3) is 0 Å². The van der Waals surface area contributed by atoms with Gasteiger partial charge in [0.2, 0.25) is 0 Å². The van der Waals surface area contributed by atoms with Crippen LogP contribution in [0.5, 0.6) is 0 Å². The van der Waals surface area contributed by atoms with Gasteiger partial charge in [0.25, 0.3) is 0 Å². The first-order chi connectivity index (χ1) is 9.33. The lowest BCUT2D eigenvalue weighted by atomic mass is 10.0. The molecule has 1 aromatic heterocycles. The highest BCUT2D eigenvalue weighted by molar-refractivity contribution is 5.76. The first-order valence-corrected chi connectivity index (χ1v) is 6.82. The minimum atomic E-state index is -0.268. The SMILES string of the molecule is O=C(OCC1CCOCC1)C1Cc2nc[nH]c2CN1. The molecular formula is C13H19N3O3. The van der Waals surface area contributed by atoms with Gasteiger partial charge in [-0.1, -0.05) is 0 Å². The molecule has 1 atom stereocenters. The third-order valence-corrected chi connectivity index (χ3v) is 3.82. The van der Waals surface area contributed by atoms with Gasteiger partial charge < -0.3 is 14.5 Å². The van der Waals surface area contributed by atoms with E-state index in [0.29, 0.717) is 25.5 Å². The molecule has 0 spiro atoms. The second-order valence-electron chi connectivity index (χ2n) is 5.15. The lowest BCUT2D eigenvalue weighted by molar-refractivity contribution is -0.148. The topological polar surface area (TPSA) is 76.2 Å². The average molecular weight is 265 g/mol. The van der Waals surface area contributed by atoms with E-state index in [0.717, 1.165) is 37.4 Å². The van der Waals surface area contributed by atoms with Crippen LogP contribution in [0.1, 0.15) is 24.2 Å². The van der Waals surface area contributed by atoms with E-state index in [1.54, 1.807) is 6.33 Å². The van der Waals surface area contributed by atoms with Crippen molar-refractivity contribution in [3.8, 4) is 0 Å². The summed E-state index contributed by atoms with van der Waals surface area (Å²) in [7, 11) is 0. The van der Waals surface area contributed by atoms with E-state index in [9.17, 15) is 4.79 Å². The number of carbonyl (C=O) groups is 1. The summed E-state index contributed by atoms with van der Waals surface area (Å²) in [6.45, 7) is 2.71. The highest BCUT2D eigenvalue weighted by Crippen LogP contribution is 2.17. The normalized spacial score (nSPS) is 23.9. The summed E-state index contributed by atoms with van der Waals surface area (Å²) in [5.41, 5.74) is 2.03. The third kappa shape index (κ3) is 2.96. The molecule has 1 saturated heterocycles. The average Bonchev–Trinajstić information content (AvgIpc) is 2.93. The van der Waals surface area contributed by atoms with Crippen LogP contribution in [0.2, 0.25) is 0 Å². The highest BCUT2D eigenvalue weighted by atomic mass is 16.5. The zero-order chi connectivity index (χ0) is 13.1. The van der Waals surface area contributed by atoms with E-state index in [-0.39, 0.29) is 12.0 Å². The Bertz CT molecular complexity index is 440. The quantitative estimate of drug-likeness (QED) is 0.773. The molecular weight excluding hydrogens is 246 g/mol. The van der Waals surface area contributed by atoms with Gasteiger partial charge >= 0.3 is 5.97 Å². The minimum Gasteiger partial charge on any atom is -0.464 e. The van der Waals surface area contributed by atoms with Crippen LogP contribution in [-0.4, -0.2) is 41.8 Å². The molecule has 104 valence electrons. The van der Waals surface area contributed by atoms with Gasteiger partial charge in [-0.05, 0) is 18.8 Å². The van der Waals surface area contributed by atoms with Crippen molar-refractivity contribution in [2.45, 2.75) is 31.8 Å². The Morgan fingerprint density at radius 3 is 3.16 bits per heavy atom. The number of aromatic amines is 1. The standard InChI is InChI=1S/C13H19N3O3/c17-13(19-7-9-1-3-18-4-2-9)11-5-10-12(6-14-11)16-8-15-10/h8-9,11,14H,1-7H2,(H,15,16). The summed E-state index contributed by atoms with van der Waals surface area (Å²) in [5, 5.41) is 3.18. The molecule has 0 bridgehead atoms. The lowest BCUT2D eigenvalue weighted by Gasteiger charge is -2.25. The maximum Gasteiger partial charge on any atom is 0.323 e. The van der Waals surface area contributed by atoms with Crippen molar-refractivity contribution in [2.24, 2.45) is 5.92 Å². The van der Waals surface area contributed by atoms with Gasteiger partial charge in [-0.15, -0.1) is 0 Å². The van der Waals surface area contributed by atoms with Crippen LogP contribution >= 0.6 is 0 Å². The summed E-state index contributed by atoms with van der Waals surface area (Å²) in [5.74, 6) is 0.280. The molecule has 2 N–H and O–H groups in total. The van der Waals surface area contributed by atoms with Crippen LogP contribution in [0.15, 0.2) is 6.33 Å². The van der Waals surface area contributed by atoms with Crippen LogP contribution in [0, 0.1) is 5.92 Å². The Kier molecular flexibility index (Phi) is 3.79. The summed E-state index contributed by atoms with van der Waals surface area (Å²) in [6, 6.07) is -0.268. The first kappa shape index (κ1) is 12.6. The number of imidazole rings is 1. The molecule has 6 nitrogen and oxygen atoms in total. The van der Waals surface area contributed by atoms with E-state index in [1.165, 1.54) is 0 Å².